The molecular formula is C19H21N. The minimum Gasteiger partial charge on any atom is -0.256 e. The highest BCUT2D eigenvalue weighted by molar-refractivity contribution is 6.09. The minimum absolute atomic E-state index is 0.431. The van der Waals surface area contributed by atoms with Crippen LogP contribution < -0.4 is 0 Å². The summed E-state index contributed by atoms with van der Waals surface area (Å²) in [4.78, 5) is 4.65. The maximum Gasteiger partial charge on any atom is 0.0704 e. The molecule has 0 aromatic heterocycles. The van der Waals surface area contributed by atoms with Crippen molar-refractivity contribution in [1.82, 2.24) is 0 Å². The Labute approximate surface area is 121 Å². The number of hydrogen-bond donors (Lipinski definition) is 0. The molecule has 0 spiro atoms. The standard InChI is InChI=1S/C19H21N/c1-15-9-11-16(2)13-19(18-7-5-4-6-8-18)20-14-17(3)12-10-15/h4-15H,1-3H3/b11-9-,12-10-,16-13+,17-14+,20-19+. The number of allylic oxidation sites excluding steroid dienone is 7. The summed E-state index contributed by atoms with van der Waals surface area (Å²) in [7, 11) is 0. The van der Waals surface area contributed by atoms with Crippen LogP contribution in [0.4, 0.5) is 0 Å². The molecule has 1 heterocycles. The Balaban J connectivity index is 2.47. The van der Waals surface area contributed by atoms with Gasteiger partial charge in [-0.15, -0.1) is 0 Å². The minimum atomic E-state index is 0.431. The van der Waals surface area contributed by atoms with E-state index in [0.29, 0.717) is 5.92 Å². The molecule has 0 radical (unpaired) electrons. The fourth-order valence-corrected chi connectivity index (χ4v) is 1.95. The Morgan fingerprint density at radius 1 is 0.900 bits per heavy atom. The highest BCUT2D eigenvalue weighted by atomic mass is 14.7. The van der Waals surface area contributed by atoms with Crippen LogP contribution in [0.3, 0.4) is 0 Å². The molecule has 1 aliphatic heterocycles. The molecule has 0 saturated carbocycles. The molecular weight excluding hydrogens is 242 g/mol. The summed E-state index contributed by atoms with van der Waals surface area (Å²) in [5.41, 5.74) is 4.50. The van der Waals surface area contributed by atoms with Gasteiger partial charge >= 0.3 is 0 Å². The molecule has 1 atom stereocenters. The molecule has 1 heteroatoms. The van der Waals surface area contributed by atoms with Crippen molar-refractivity contribution in [2.24, 2.45) is 10.9 Å². The largest absolute Gasteiger partial charge is 0.256 e. The van der Waals surface area contributed by atoms with E-state index in [4.69, 9.17) is 0 Å². The monoisotopic (exact) mass is 263 g/mol. The van der Waals surface area contributed by atoms with Gasteiger partial charge in [0.15, 0.2) is 0 Å². The van der Waals surface area contributed by atoms with Gasteiger partial charge in [0.1, 0.15) is 0 Å². The Hall–Kier alpha value is -2.15. The molecule has 1 aromatic rings. The first-order valence-corrected chi connectivity index (χ1v) is 7.00. The molecule has 1 unspecified atom stereocenters. The highest BCUT2D eigenvalue weighted by Gasteiger charge is 2.00. The third-order valence-corrected chi connectivity index (χ3v) is 3.17. The molecule has 20 heavy (non-hydrogen) atoms. The zero-order valence-corrected chi connectivity index (χ0v) is 12.4. The number of hydrogen-bond acceptors (Lipinski definition) is 1. The summed E-state index contributed by atoms with van der Waals surface area (Å²) in [6, 6.07) is 10.3. The van der Waals surface area contributed by atoms with Gasteiger partial charge in [-0.2, -0.15) is 0 Å². The number of aliphatic imine (C=N–C) groups is 1. The van der Waals surface area contributed by atoms with Crippen molar-refractivity contribution in [2.75, 3.05) is 0 Å². The Morgan fingerprint density at radius 3 is 2.25 bits per heavy atom. The third-order valence-electron chi connectivity index (χ3n) is 3.17. The van der Waals surface area contributed by atoms with Crippen LogP contribution in [-0.4, -0.2) is 5.71 Å². The van der Waals surface area contributed by atoms with E-state index in [1.165, 1.54) is 5.57 Å². The predicted octanol–water partition coefficient (Wildman–Crippen LogP) is 5.09. The van der Waals surface area contributed by atoms with Crippen LogP contribution in [0.25, 0.3) is 0 Å². The van der Waals surface area contributed by atoms with Crippen LogP contribution in [0.1, 0.15) is 26.3 Å². The Kier molecular flexibility index (Phi) is 4.89. The van der Waals surface area contributed by atoms with E-state index in [0.717, 1.165) is 16.8 Å². The SMILES string of the molecule is CC1=C\N=C(c2ccccc2)/C=C(C)/C=C\C(C)/C=C\1. The lowest BCUT2D eigenvalue weighted by molar-refractivity contribution is 0.936. The van der Waals surface area contributed by atoms with Crippen molar-refractivity contribution in [3.63, 3.8) is 0 Å². The predicted molar refractivity (Wildman–Crippen MR) is 87.9 cm³/mol. The first-order valence-electron chi connectivity index (χ1n) is 7.00. The van der Waals surface area contributed by atoms with Gasteiger partial charge in [0, 0.05) is 11.8 Å². The van der Waals surface area contributed by atoms with E-state index in [-0.39, 0.29) is 0 Å². The van der Waals surface area contributed by atoms with E-state index >= 15 is 0 Å². The van der Waals surface area contributed by atoms with Crippen LogP contribution in [0.15, 0.2) is 83.1 Å². The summed E-state index contributed by atoms with van der Waals surface area (Å²) in [6.07, 6.45) is 12.8. The Bertz CT molecular complexity index is 598. The topological polar surface area (TPSA) is 12.4 Å². The lowest BCUT2D eigenvalue weighted by atomic mass is 10.1. The van der Waals surface area contributed by atoms with Crippen LogP contribution in [0.2, 0.25) is 0 Å². The van der Waals surface area contributed by atoms with Crippen LogP contribution >= 0.6 is 0 Å². The summed E-state index contributed by atoms with van der Waals surface area (Å²) in [5, 5.41) is 0. The van der Waals surface area contributed by atoms with Gasteiger partial charge in [-0.3, -0.25) is 4.99 Å². The second kappa shape index (κ2) is 6.85. The zero-order chi connectivity index (χ0) is 14.4. The number of rotatable bonds is 1. The van der Waals surface area contributed by atoms with E-state index in [9.17, 15) is 0 Å². The van der Waals surface area contributed by atoms with E-state index in [2.05, 4.69) is 68.3 Å². The summed E-state index contributed by atoms with van der Waals surface area (Å²) in [6.45, 7) is 6.37. The van der Waals surface area contributed by atoms with Gasteiger partial charge in [-0.25, -0.2) is 0 Å². The van der Waals surface area contributed by atoms with Gasteiger partial charge in [-0.1, -0.05) is 61.6 Å². The van der Waals surface area contributed by atoms with Crippen molar-refractivity contribution in [3.05, 3.63) is 83.6 Å². The van der Waals surface area contributed by atoms with Gasteiger partial charge in [0.2, 0.25) is 0 Å². The van der Waals surface area contributed by atoms with Crippen molar-refractivity contribution < 1.29 is 0 Å². The fraction of sp³-hybridized carbons (Fsp3) is 0.211. The normalized spacial score (nSPS) is 30.8. The second-order valence-corrected chi connectivity index (χ2v) is 5.22. The summed E-state index contributed by atoms with van der Waals surface area (Å²) < 4.78 is 0. The lowest BCUT2D eigenvalue weighted by Crippen LogP contribution is -1.96. The van der Waals surface area contributed by atoms with E-state index in [1.807, 2.05) is 24.4 Å². The van der Waals surface area contributed by atoms with Crippen LogP contribution in [0, 0.1) is 5.92 Å². The molecule has 1 aliphatic rings. The van der Waals surface area contributed by atoms with Gasteiger partial charge in [-0.05, 0) is 37.0 Å². The molecule has 0 fully saturated rings. The average Bonchev–Trinajstić information content (AvgIpc) is 2.49. The van der Waals surface area contributed by atoms with E-state index < -0.39 is 0 Å². The van der Waals surface area contributed by atoms with Crippen molar-refractivity contribution in [1.29, 1.82) is 0 Å². The van der Waals surface area contributed by atoms with Crippen molar-refractivity contribution in [2.45, 2.75) is 20.8 Å². The highest BCUT2D eigenvalue weighted by Crippen LogP contribution is 2.11. The van der Waals surface area contributed by atoms with Gasteiger partial charge in [0.05, 0.1) is 5.71 Å². The fourth-order valence-electron chi connectivity index (χ4n) is 1.95. The number of benzene rings is 1. The molecule has 0 N–H and O–H groups in total. The maximum atomic E-state index is 4.65. The Morgan fingerprint density at radius 2 is 1.55 bits per heavy atom. The molecule has 1 aromatic carbocycles. The van der Waals surface area contributed by atoms with Gasteiger partial charge < -0.3 is 0 Å². The summed E-state index contributed by atoms with van der Waals surface area (Å²) >= 11 is 0. The third kappa shape index (κ3) is 4.20. The molecule has 0 aliphatic carbocycles. The first-order chi connectivity index (χ1) is 9.65. The summed E-state index contributed by atoms with van der Waals surface area (Å²) in [5.74, 6) is 0.431. The molecule has 0 bridgehead atoms. The maximum absolute atomic E-state index is 4.65. The van der Waals surface area contributed by atoms with Crippen molar-refractivity contribution in [3.8, 4) is 0 Å². The van der Waals surface area contributed by atoms with E-state index in [1.54, 1.807) is 0 Å². The molecule has 0 amide bonds. The number of nitrogens with zero attached hydrogens (tertiary/aromatic N) is 1. The van der Waals surface area contributed by atoms with Gasteiger partial charge in [0.25, 0.3) is 0 Å². The molecule has 0 saturated heterocycles. The van der Waals surface area contributed by atoms with Crippen LogP contribution in [0.5, 0.6) is 0 Å². The quantitative estimate of drug-likeness (QED) is 0.669. The molecule has 1 nitrogen and oxygen atoms in total. The van der Waals surface area contributed by atoms with Crippen molar-refractivity contribution >= 4 is 5.71 Å². The molecule has 2 rings (SSSR count). The van der Waals surface area contributed by atoms with Crippen LogP contribution in [-0.2, 0) is 0 Å². The average molecular weight is 263 g/mol. The smallest absolute Gasteiger partial charge is 0.0704 e. The lowest BCUT2D eigenvalue weighted by Gasteiger charge is -2.02. The molecule has 102 valence electrons. The zero-order valence-electron chi connectivity index (χ0n) is 12.4. The second-order valence-electron chi connectivity index (χ2n) is 5.22. The first kappa shape index (κ1) is 14.3.